The average Bonchev–Trinajstić information content (AvgIpc) is 2.48. The van der Waals surface area contributed by atoms with Crippen LogP contribution in [0, 0.1) is 6.92 Å². The summed E-state index contributed by atoms with van der Waals surface area (Å²) in [5, 5.41) is 0. The summed E-state index contributed by atoms with van der Waals surface area (Å²) in [5.41, 5.74) is 3.55. The van der Waals surface area contributed by atoms with E-state index in [1.165, 1.54) is 16.7 Å². The standard InChI is InChI=1S/C17H17BrCl2/c1-13-4-2-3-5-14(13)10-17(11-19,12-20)15-6-8-16(18)9-7-15/h2-9H,10-12H2,1H3. The Kier molecular flexibility index (Phi) is 5.54. The van der Waals surface area contributed by atoms with Gasteiger partial charge in [-0.1, -0.05) is 52.3 Å². The molecule has 0 aliphatic heterocycles. The van der Waals surface area contributed by atoms with Crippen LogP contribution in [-0.2, 0) is 11.8 Å². The third kappa shape index (κ3) is 3.39. The molecule has 0 heterocycles. The molecule has 20 heavy (non-hydrogen) atoms. The molecule has 0 aromatic heterocycles. The summed E-state index contributed by atoms with van der Waals surface area (Å²) < 4.78 is 1.06. The van der Waals surface area contributed by atoms with Crippen LogP contribution in [0.2, 0.25) is 0 Å². The van der Waals surface area contributed by atoms with Crippen LogP contribution in [0.5, 0.6) is 0 Å². The highest BCUT2D eigenvalue weighted by Gasteiger charge is 2.31. The lowest BCUT2D eigenvalue weighted by Crippen LogP contribution is -2.33. The predicted molar refractivity (Wildman–Crippen MR) is 92.1 cm³/mol. The average molecular weight is 372 g/mol. The van der Waals surface area contributed by atoms with Crippen LogP contribution >= 0.6 is 39.1 Å². The van der Waals surface area contributed by atoms with Gasteiger partial charge in [-0.25, -0.2) is 0 Å². The highest BCUT2D eigenvalue weighted by molar-refractivity contribution is 9.10. The van der Waals surface area contributed by atoms with E-state index in [0.29, 0.717) is 11.8 Å². The quantitative estimate of drug-likeness (QED) is 0.590. The molecule has 0 saturated carbocycles. The molecule has 0 atom stereocenters. The maximum Gasteiger partial charge on any atom is 0.0335 e. The smallest absolute Gasteiger partial charge is 0.0335 e. The molecule has 0 spiro atoms. The number of benzene rings is 2. The first-order valence-electron chi connectivity index (χ1n) is 6.54. The Morgan fingerprint density at radius 1 is 0.950 bits per heavy atom. The summed E-state index contributed by atoms with van der Waals surface area (Å²) in [4.78, 5) is 0. The van der Waals surface area contributed by atoms with E-state index in [-0.39, 0.29) is 5.41 Å². The van der Waals surface area contributed by atoms with Crippen molar-refractivity contribution in [1.82, 2.24) is 0 Å². The molecular formula is C17H17BrCl2. The lowest BCUT2D eigenvalue weighted by atomic mass is 9.78. The van der Waals surface area contributed by atoms with Gasteiger partial charge < -0.3 is 0 Å². The van der Waals surface area contributed by atoms with Crippen molar-refractivity contribution in [2.24, 2.45) is 0 Å². The molecule has 0 radical (unpaired) electrons. The molecule has 2 aromatic rings. The van der Waals surface area contributed by atoms with Gasteiger partial charge in [-0.2, -0.15) is 0 Å². The molecule has 2 rings (SSSR count). The summed E-state index contributed by atoms with van der Waals surface area (Å²) in [5.74, 6) is 1.01. The molecule has 106 valence electrons. The highest BCUT2D eigenvalue weighted by atomic mass is 79.9. The van der Waals surface area contributed by atoms with E-state index in [1.807, 2.05) is 12.1 Å². The van der Waals surface area contributed by atoms with Crippen molar-refractivity contribution in [3.8, 4) is 0 Å². The van der Waals surface area contributed by atoms with E-state index >= 15 is 0 Å². The van der Waals surface area contributed by atoms with Gasteiger partial charge in [0.25, 0.3) is 0 Å². The van der Waals surface area contributed by atoms with Gasteiger partial charge in [0.15, 0.2) is 0 Å². The van der Waals surface area contributed by atoms with E-state index in [4.69, 9.17) is 23.2 Å². The maximum absolute atomic E-state index is 6.30. The molecule has 0 N–H and O–H groups in total. The van der Waals surface area contributed by atoms with Crippen molar-refractivity contribution in [1.29, 1.82) is 0 Å². The van der Waals surface area contributed by atoms with Crippen LogP contribution in [0.3, 0.4) is 0 Å². The van der Waals surface area contributed by atoms with Crippen LogP contribution in [0.15, 0.2) is 53.0 Å². The molecule has 0 aliphatic carbocycles. The fourth-order valence-corrected chi connectivity index (χ4v) is 3.41. The number of rotatable bonds is 5. The number of halogens is 3. The highest BCUT2D eigenvalue weighted by Crippen LogP contribution is 2.33. The minimum Gasteiger partial charge on any atom is -0.126 e. The first kappa shape index (κ1) is 15.9. The first-order chi connectivity index (χ1) is 9.61. The number of hydrogen-bond donors (Lipinski definition) is 0. The predicted octanol–water partition coefficient (Wildman–Crippen LogP) is 5.72. The van der Waals surface area contributed by atoms with Crippen molar-refractivity contribution >= 4 is 39.1 Å². The normalized spacial score (nSPS) is 11.6. The van der Waals surface area contributed by atoms with E-state index in [1.54, 1.807) is 0 Å². The van der Waals surface area contributed by atoms with Crippen LogP contribution in [0.1, 0.15) is 16.7 Å². The third-order valence-corrected chi connectivity index (χ3v) is 5.31. The molecule has 0 saturated heterocycles. The molecule has 0 fully saturated rings. The van der Waals surface area contributed by atoms with E-state index < -0.39 is 0 Å². The Morgan fingerprint density at radius 2 is 1.55 bits per heavy atom. The second-order valence-corrected chi connectivity index (χ2v) is 6.61. The van der Waals surface area contributed by atoms with Crippen LogP contribution in [0.25, 0.3) is 0 Å². The Balaban J connectivity index is 2.39. The van der Waals surface area contributed by atoms with Gasteiger partial charge in [-0.05, 0) is 42.2 Å². The number of hydrogen-bond acceptors (Lipinski definition) is 0. The molecule has 2 aromatic carbocycles. The maximum atomic E-state index is 6.30. The van der Waals surface area contributed by atoms with E-state index in [0.717, 1.165) is 10.9 Å². The molecule has 0 amide bonds. The molecule has 0 nitrogen and oxygen atoms in total. The largest absolute Gasteiger partial charge is 0.126 e. The Hall–Kier alpha value is -0.500. The topological polar surface area (TPSA) is 0 Å². The molecule has 0 bridgehead atoms. The van der Waals surface area contributed by atoms with Crippen LogP contribution in [-0.4, -0.2) is 11.8 Å². The van der Waals surface area contributed by atoms with Gasteiger partial charge in [-0.3, -0.25) is 0 Å². The molecule has 0 unspecified atom stereocenters. The zero-order chi connectivity index (χ0) is 14.6. The second kappa shape index (κ2) is 6.98. The summed E-state index contributed by atoms with van der Waals surface area (Å²) in [6.45, 7) is 2.13. The summed E-state index contributed by atoms with van der Waals surface area (Å²) >= 11 is 16.1. The van der Waals surface area contributed by atoms with Gasteiger partial charge >= 0.3 is 0 Å². The number of alkyl halides is 2. The van der Waals surface area contributed by atoms with E-state index in [9.17, 15) is 0 Å². The van der Waals surface area contributed by atoms with Crippen molar-refractivity contribution < 1.29 is 0 Å². The molecule has 3 heteroatoms. The zero-order valence-corrected chi connectivity index (χ0v) is 14.5. The SMILES string of the molecule is Cc1ccccc1CC(CCl)(CCl)c1ccc(Br)cc1. The van der Waals surface area contributed by atoms with Crippen LogP contribution < -0.4 is 0 Å². The Bertz CT molecular complexity index is 559. The molecular weight excluding hydrogens is 355 g/mol. The summed E-state index contributed by atoms with van der Waals surface area (Å²) in [7, 11) is 0. The lowest BCUT2D eigenvalue weighted by molar-refractivity contribution is 0.535. The summed E-state index contributed by atoms with van der Waals surface area (Å²) in [6.07, 6.45) is 0.855. The fraction of sp³-hybridized carbons (Fsp3) is 0.294. The second-order valence-electron chi connectivity index (χ2n) is 5.16. The van der Waals surface area contributed by atoms with Crippen LogP contribution in [0.4, 0.5) is 0 Å². The Morgan fingerprint density at radius 3 is 2.10 bits per heavy atom. The minimum absolute atomic E-state index is 0.226. The first-order valence-corrected chi connectivity index (χ1v) is 8.40. The van der Waals surface area contributed by atoms with Gasteiger partial charge in [0, 0.05) is 21.6 Å². The minimum atomic E-state index is -0.226. The van der Waals surface area contributed by atoms with E-state index in [2.05, 4.69) is 59.3 Å². The van der Waals surface area contributed by atoms with Gasteiger partial charge in [0.1, 0.15) is 0 Å². The van der Waals surface area contributed by atoms with Crippen molar-refractivity contribution in [2.45, 2.75) is 18.8 Å². The zero-order valence-electron chi connectivity index (χ0n) is 11.4. The fourth-order valence-electron chi connectivity index (χ4n) is 2.36. The van der Waals surface area contributed by atoms with Crippen molar-refractivity contribution in [2.75, 3.05) is 11.8 Å². The molecule has 0 aliphatic rings. The summed E-state index contributed by atoms with van der Waals surface area (Å²) in [6, 6.07) is 16.7. The van der Waals surface area contributed by atoms with Gasteiger partial charge in [0.2, 0.25) is 0 Å². The van der Waals surface area contributed by atoms with Crippen molar-refractivity contribution in [3.05, 3.63) is 69.7 Å². The van der Waals surface area contributed by atoms with Gasteiger partial charge in [-0.15, -0.1) is 23.2 Å². The Labute approximate surface area is 139 Å². The lowest BCUT2D eigenvalue weighted by Gasteiger charge is -2.31. The van der Waals surface area contributed by atoms with Gasteiger partial charge in [0.05, 0.1) is 0 Å². The monoisotopic (exact) mass is 370 g/mol. The third-order valence-electron chi connectivity index (χ3n) is 3.76. The van der Waals surface area contributed by atoms with Crippen molar-refractivity contribution in [3.63, 3.8) is 0 Å². The number of aryl methyl sites for hydroxylation is 1.